The van der Waals surface area contributed by atoms with Crippen LogP contribution in [-0.2, 0) is 26.4 Å². The minimum atomic E-state index is -0.000784. The maximum Gasteiger partial charge on any atom is 0.186 e. The zero-order valence-electron chi connectivity index (χ0n) is 11.4. The zero-order valence-corrected chi connectivity index (χ0v) is 12.1. The molecule has 5 nitrogen and oxygen atoms in total. The first-order chi connectivity index (χ1) is 9.08. The van der Waals surface area contributed by atoms with Gasteiger partial charge in [-0.05, 0) is 19.4 Å². The van der Waals surface area contributed by atoms with Gasteiger partial charge in [0.2, 0.25) is 0 Å². The van der Waals surface area contributed by atoms with E-state index in [1.807, 2.05) is 13.8 Å². The van der Waals surface area contributed by atoms with Crippen LogP contribution in [0.3, 0.4) is 0 Å². The second-order valence-electron chi connectivity index (χ2n) is 4.32. The summed E-state index contributed by atoms with van der Waals surface area (Å²) in [4.78, 5) is 12.3. The number of halogens is 1. The van der Waals surface area contributed by atoms with E-state index in [-0.39, 0.29) is 12.2 Å². The second-order valence-corrected chi connectivity index (χ2v) is 4.69. The average Bonchev–Trinajstić information content (AvgIpc) is 2.95. The van der Waals surface area contributed by atoms with Crippen molar-refractivity contribution in [1.29, 1.82) is 0 Å². The molecule has 0 amide bonds. The molecule has 0 bridgehead atoms. The molecule has 0 fully saturated rings. The van der Waals surface area contributed by atoms with Crippen molar-refractivity contribution < 1.29 is 4.79 Å². The second kappa shape index (κ2) is 5.57. The van der Waals surface area contributed by atoms with Crippen molar-refractivity contribution in [2.45, 2.75) is 33.2 Å². The summed E-state index contributed by atoms with van der Waals surface area (Å²) in [5, 5.41) is 9.03. The lowest BCUT2D eigenvalue weighted by atomic mass is 10.1. The van der Waals surface area contributed by atoms with E-state index < -0.39 is 0 Å². The molecule has 0 atom stereocenters. The molecule has 0 aliphatic carbocycles. The molecule has 0 spiro atoms. The van der Waals surface area contributed by atoms with Crippen molar-refractivity contribution in [3.63, 3.8) is 0 Å². The molecule has 6 heteroatoms. The summed E-state index contributed by atoms with van der Waals surface area (Å²) < 4.78 is 3.37. The third-order valence-electron chi connectivity index (χ3n) is 3.13. The van der Waals surface area contributed by atoms with E-state index in [0.29, 0.717) is 17.3 Å². The highest BCUT2D eigenvalue weighted by molar-refractivity contribution is 6.32. The standard InChI is InChI=1S/C13H17ClN4O/c1-4-9-13(14)11(18(5-2)16-9)8-12(19)10-6-7-15-17(10)3/h6-7H,4-5,8H2,1-3H3. The smallest absolute Gasteiger partial charge is 0.186 e. The van der Waals surface area contributed by atoms with Crippen LogP contribution in [0.5, 0.6) is 0 Å². The number of aromatic nitrogens is 4. The van der Waals surface area contributed by atoms with Crippen LogP contribution in [-0.4, -0.2) is 25.3 Å². The maximum absolute atomic E-state index is 12.3. The van der Waals surface area contributed by atoms with Crippen molar-refractivity contribution in [3.8, 4) is 0 Å². The highest BCUT2D eigenvalue weighted by atomic mass is 35.5. The molecule has 2 heterocycles. The van der Waals surface area contributed by atoms with Gasteiger partial charge in [0.15, 0.2) is 5.78 Å². The average molecular weight is 281 g/mol. The van der Waals surface area contributed by atoms with Gasteiger partial charge in [-0.25, -0.2) is 0 Å². The molecule has 102 valence electrons. The number of carbonyl (C=O) groups excluding carboxylic acids is 1. The predicted molar refractivity (Wildman–Crippen MR) is 73.5 cm³/mol. The van der Waals surface area contributed by atoms with Crippen molar-refractivity contribution in [2.75, 3.05) is 0 Å². The summed E-state index contributed by atoms with van der Waals surface area (Å²) in [7, 11) is 1.75. The summed E-state index contributed by atoms with van der Waals surface area (Å²) in [5.74, 6) is -0.000784. The van der Waals surface area contributed by atoms with Gasteiger partial charge >= 0.3 is 0 Å². The number of carbonyl (C=O) groups is 1. The van der Waals surface area contributed by atoms with Crippen molar-refractivity contribution in [1.82, 2.24) is 19.6 Å². The van der Waals surface area contributed by atoms with Crippen molar-refractivity contribution in [2.24, 2.45) is 7.05 Å². The quantitative estimate of drug-likeness (QED) is 0.790. The van der Waals surface area contributed by atoms with Gasteiger partial charge in [-0.1, -0.05) is 18.5 Å². The lowest BCUT2D eigenvalue weighted by Gasteiger charge is -2.05. The number of hydrogen-bond donors (Lipinski definition) is 0. The Morgan fingerprint density at radius 2 is 2.16 bits per heavy atom. The van der Waals surface area contributed by atoms with E-state index in [1.54, 1.807) is 28.7 Å². The summed E-state index contributed by atoms with van der Waals surface area (Å²) >= 11 is 6.30. The molecule has 19 heavy (non-hydrogen) atoms. The first-order valence-corrected chi connectivity index (χ1v) is 6.71. The molecule has 0 saturated carbocycles. The van der Waals surface area contributed by atoms with Crippen LogP contribution in [0.25, 0.3) is 0 Å². The molecule has 0 aliphatic heterocycles. The van der Waals surface area contributed by atoms with Crippen LogP contribution < -0.4 is 0 Å². The van der Waals surface area contributed by atoms with Crippen LogP contribution in [0.4, 0.5) is 0 Å². The van der Waals surface area contributed by atoms with E-state index in [1.165, 1.54) is 0 Å². The minimum Gasteiger partial charge on any atom is -0.292 e. The third-order valence-corrected chi connectivity index (χ3v) is 3.57. The molecular formula is C13H17ClN4O. The number of aryl methyl sites for hydroxylation is 3. The summed E-state index contributed by atoms with van der Waals surface area (Å²) in [6.45, 7) is 4.69. The van der Waals surface area contributed by atoms with Gasteiger partial charge in [-0.3, -0.25) is 14.2 Å². The normalized spacial score (nSPS) is 10.9. The summed E-state index contributed by atoms with van der Waals surface area (Å²) in [6, 6.07) is 1.71. The van der Waals surface area contributed by atoms with Crippen LogP contribution in [0.2, 0.25) is 5.02 Å². The zero-order chi connectivity index (χ0) is 14.0. The molecule has 0 radical (unpaired) electrons. The van der Waals surface area contributed by atoms with E-state index in [0.717, 1.165) is 17.8 Å². The van der Waals surface area contributed by atoms with Crippen LogP contribution in [0, 0.1) is 0 Å². The number of hydrogen-bond acceptors (Lipinski definition) is 3. The monoisotopic (exact) mass is 280 g/mol. The first-order valence-electron chi connectivity index (χ1n) is 6.33. The van der Waals surface area contributed by atoms with Crippen LogP contribution in [0.15, 0.2) is 12.3 Å². The topological polar surface area (TPSA) is 52.7 Å². The van der Waals surface area contributed by atoms with E-state index in [9.17, 15) is 4.79 Å². The van der Waals surface area contributed by atoms with Gasteiger partial charge in [0, 0.05) is 19.8 Å². The molecule has 2 rings (SSSR count). The molecule has 0 N–H and O–H groups in total. The Labute approximate surface area is 117 Å². The largest absolute Gasteiger partial charge is 0.292 e. The molecule has 0 saturated heterocycles. The molecule has 2 aromatic heterocycles. The molecule has 0 aromatic carbocycles. The van der Waals surface area contributed by atoms with Crippen LogP contribution in [0.1, 0.15) is 35.7 Å². The lowest BCUT2D eigenvalue weighted by Crippen LogP contribution is -2.13. The third kappa shape index (κ3) is 2.56. The minimum absolute atomic E-state index is 0.000784. The Bertz CT molecular complexity index is 600. The van der Waals surface area contributed by atoms with Gasteiger partial charge in [0.25, 0.3) is 0 Å². The Hall–Kier alpha value is -1.62. The van der Waals surface area contributed by atoms with Gasteiger partial charge in [0.05, 0.1) is 22.8 Å². The summed E-state index contributed by atoms with van der Waals surface area (Å²) in [6.07, 6.45) is 2.63. The fourth-order valence-corrected chi connectivity index (χ4v) is 2.41. The van der Waals surface area contributed by atoms with Gasteiger partial charge < -0.3 is 0 Å². The van der Waals surface area contributed by atoms with Crippen LogP contribution >= 0.6 is 11.6 Å². The number of Topliss-reactive ketones (excluding diaryl/α,β-unsaturated/α-hetero) is 1. The van der Waals surface area contributed by atoms with E-state index >= 15 is 0 Å². The molecule has 2 aromatic rings. The Kier molecular flexibility index (Phi) is 4.04. The maximum atomic E-state index is 12.3. The Balaban J connectivity index is 2.31. The van der Waals surface area contributed by atoms with E-state index in [4.69, 9.17) is 11.6 Å². The number of ketones is 1. The van der Waals surface area contributed by atoms with Gasteiger partial charge in [-0.2, -0.15) is 10.2 Å². The lowest BCUT2D eigenvalue weighted by molar-refractivity contribution is 0.0981. The Morgan fingerprint density at radius 3 is 2.68 bits per heavy atom. The fourth-order valence-electron chi connectivity index (χ4n) is 2.08. The van der Waals surface area contributed by atoms with Crippen molar-refractivity contribution >= 4 is 17.4 Å². The number of rotatable bonds is 5. The Morgan fingerprint density at radius 1 is 1.42 bits per heavy atom. The fraction of sp³-hybridized carbons (Fsp3) is 0.462. The summed E-state index contributed by atoms with van der Waals surface area (Å²) in [5.41, 5.74) is 2.21. The van der Waals surface area contributed by atoms with Gasteiger partial charge in [0.1, 0.15) is 5.69 Å². The molecule has 0 unspecified atom stereocenters. The molecule has 0 aliphatic rings. The van der Waals surface area contributed by atoms with Crippen molar-refractivity contribution in [3.05, 3.63) is 34.4 Å². The highest BCUT2D eigenvalue weighted by Gasteiger charge is 2.19. The van der Waals surface area contributed by atoms with E-state index in [2.05, 4.69) is 10.2 Å². The highest BCUT2D eigenvalue weighted by Crippen LogP contribution is 2.23. The molecular weight excluding hydrogens is 264 g/mol. The number of nitrogens with zero attached hydrogens (tertiary/aromatic N) is 4. The first kappa shape index (κ1) is 13.8. The van der Waals surface area contributed by atoms with Gasteiger partial charge in [-0.15, -0.1) is 0 Å². The predicted octanol–water partition coefficient (Wildman–Crippen LogP) is 2.28. The SMILES string of the molecule is CCc1nn(CC)c(CC(=O)c2ccnn2C)c1Cl.